The van der Waals surface area contributed by atoms with Gasteiger partial charge in [-0.1, -0.05) is 47.7 Å². The summed E-state index contributed by atoms with van der Waals surface area (Å²) in [6.45, 7) is 3.82. The first-order valence-corrected chi connectivity index (χ1v) is 13.0. The Morgan fingerprint density at radius 1 is 0.921 bits per heavy atom. The number of aryl methyl sites for hydroxylation is 1. The van der Waals surface area contributed by atoms with Gasteiger partial charge in [-0.2, -0.15) is 0 Å². The topological polar surface area (TPSA) is 101 Å². The summed E-state index contributed by atoms with van der Waals surface area (Å²) >= 11 is 1.26. The van der Waals surface area contributed by atoms with Gasteiger partial charge < -0.3 is 25.4 Å². The Morgan fingerprint density at radius 2 is 1.63 bits per heavy atom. The zero-order valence-electron chi connectivity index (χ0n) is 21.7. The summed E-state index contributed by atoms with van der Waals surface area (Å²) in [4.78, 5) is 30.9. The van der Waals surface area contributed by atoms with Crippen LogP contribution in [-0.4, -0.2) is 37.0 Å². The molecule has 196 valence electrons. The number of ether oxygens (including phenoxy) is 2. The summed E-state index contributed by atoms with van der Waals surface area (Å²) in [6.07, 6.45) is 0. The van der Waals surface area contributed by atoms with Crippen LogP contribution in [0, 0.1) is 6.92 Å². The molecule has 0 bridgehead atoms. The smallest absolute Gasteiger partial charge is 0.255 e. The summed E-state index contributed by atoms with van der Waals surface area (Å²) in [6, 6.07) is 21.6. The lowest BCUT2D eigenvalue weighted by Gasteiger charge is -2.27. The average Bonchev–Trinajstić information content (AvgIpc) is 2.93. The summed E-state index contributed by atoms with van der Waals surface area (Å²) in [7, 11) is 3.14. The number of hydrogen-bond donors (Lipinski definition) is 3. The third kappa shape index (κ3) is 6.54. The van der Waals surface area contributed by atoms with Gasteiger partial charge in [0.1, 0.15) is 17.5 Å². The molecule has 0 saturated carbocycles. The van der Waals surface area contributed by atoms with Crippen LogP contribution in [0.15, 0.2) is 89.1 Å². The number of benzene rings is 3. The average molecular weight is 531 g/mol. The van der Waals surface area contributed by atoms with Gasteiger partial charge in [-0.15, -0.1) is 0 Å². The third-order valence-electron chi connectivity index (χ3n) is 5.91. The Balaban J connectivity index is 1.59. The zero-order valence-corrected chi connectivity index (χ0v) is 22.5. The molecule has 3 aromatic rings. The summed E-state index contributed by atoms with van der Waals surface area (Å²) in [5.41, 5.74) is 4.32. The molecule has 38 heavy (non-hydrogen) atoms. The molecule has 0 fully saturated rings. The lowest BCUT2D eigenvalue weighted by atomic mass is 9.95. The molecule has 2 amide bonds. The molecular formula is C29H30N4O4S. The summed E-state index contributed by atoms with van der Waals surface area (Å²) in [5, 5.41) is 9.59. The molecule has 1 heterocycles. The van der Waals surface area contributed by atoms with Crippen molar-refractivity contribution in [3.8, 4) is 11.5 Å². The maximum absolute atomic E-state index is 13.5. The highest BCUT2D eigenvalue weighted by molar-refractivity contribution is 8.14. The lowest BCUT2D eigenvalue weighted by Crippen LogP contribution is -2.33. The number of rotatable bonds is 8. The largest absolute Gasteiger partial charge is 0.497 e. The molecule has 0 unspecified atom stereocenters. The minimum absolute atomic E-state index is 0.144. The van der Waals surface area contributed by atoms with E-state index in [1.54, 1.807) is 26.4 Å². The van der Waals surface area contributed by atoms with E-state index in [0.717, 1.165) is 11.3 Å². The van der Waals surface area contributed by atoms with Crippen LogP contribution < -0.4 is 25.4 Å². The fourth-order valence-corrected chi connectivity index (χ4v) is 4.72. The van der Waals surface area contributed by atoms with Crippen molar-refractivity contribution in [2.45, 2.75) is 19.9 Å². The highest BCUT2D eigenvalue weighted by atomic mass is 32.2. The second-order valence-electron chi connectivity index (χ2n) is 8.63. The molecule has 3 aromatic carbocycles. The Bertz CT molecular complexity index is 1370. The number of thioether (sulfide) groups is 1. The second-order valence-corrected chi connectivity index (χ2v) is 9.60. The highest BCUT2D eigenvalue weighted by Gasteiger charge is 2.32. The van der Waals surface area contributed by atoms with Crippen molar-refractivity contribution in [2.75, 3.05) is 30.6 Å². The standard InChI is InChI=1S/C29H30N4O4S/c1-18-10-12-21(13-11-18)31-25(34)17-38-29-30-19(2)26(28(35)32-20-8-6-5-7-9-20)27(33-29)23-15-14-22(36-3)16-24(23)37-4/h5-16,27H,17H2,1-4H3,(H,30,33)(H,31,34)(H,32,35)/t27-/m1/s1. The van der Waals surface area contributed by atoms with Crippen molar-refractivity contribution in [1.82, 2.24) is 5.32 Å². The van der Waals surface area contributed by atoms with E-state index in [2.05, 4.69) is 16.0 Å². The molecule has 0 aromatic heterocycles. The van der Waals surface area contributed by atoms with Crippen molar-refractivity contribution in [3.63, 3.8) is 0 Å². The van der Waals surface area contributed by atoms with Crippen LogP contribution in [0.3, 0.4) is 0 Å². The first-order valence-electron chi connectivity index (χ1n) is 12.0. The number of aliphatic imine (C=N–C) groups is 1. The molecule has 0 aliphatic carbocycles. The van der Waals surface area contributed by atoms with E-state index in [-0.39, 0.29) is 17.6 Å². The number of hydrogen-bond acceptors (Lipinski definition) is 7. The van der Waals surface area contributed by atoms with E-state index in [9.17, 15) is 9.59 Å². The molecule has 0 saturated heterocycles. The van der Waals surface area contributed by atoms with Gasteiger partial charge in [0, 0.05) is 28.7 Å². The number of para-hydroxylation sites is 1. The summed E-state index contributed by atoms with van der Waals surface area (Å²) < 4.78 is 11.0. The molecule has 3 N–H and O–H groups in total. The monoisotopic (exact) mass is 530 g/mol. The molecular weight excluding hydrogens is 500 g/mol. The second kappa shape index (κ2) is 12.3. The van der Waals surface area contributed by atoms with Gasteiger partial charge in [-0.3, -0.25) is 9.59 Å². The predicted molar refractivity (Wildman–Crippen MR) is 153 cm³/mol. The minimum Gasteiger partial charge on any atom is -0.497 e. The fourth-order valence-electron chi connectivity index (χ4n) is 3.97. The number of nitrogens with one attached hydrogen (secondary N) is 3. The lowest BCUT2D eigenvalue weighted by molar-refractivity contribution is -0.114. The van der Waals surface area contributed by atoms with Gasteiger partial charge in [0.25, 0.3) is 5.91 Å². The highest BCUT2D eigenvalue weighted by Crippen LogP contribution is 2.39. The zero-order chi connectivity index (χ0) is 27.1. The van der Waals surface area contributed by atoms with E-state index in [1.165, 1.54) is 11.8 Å². The van der Waals surface area contributed by atoms with Gasteiger partial charge in [0.15, 0.2) is 5.17 Å². The van der Waals surface area contributed by atoms with Crippen molar-refractivity contribution in [3.05, 3.63) is 95.2 Å². The SMILES string of the molecule is COc1ccc([C@H]2N=C(SCC(=O)Nc3ccc(C)cc3)NC(C)=C2C(=O)Nc2ccccc2)c(OC)c1. The molecule has 1 aliphatic rings. The first-order chi connectivity index (χ1) is 18.4. The number of amides is 2. The normalized spacial score (nSPS) is 14.7. The Kier molecular flexibility index (Phi) is 8.70. The number of anilines is 2. The Morgan fingerprint density at radius 3 is 2.32 bits per heavy atom. The van der Waals surface area contributed by atoms with Crippen LogP contribution in [-0.2, 0) is 9.59 Å². The first kappa shape index (κ1) is 26.8. The maximum Gasteiger partial charge on any atom is 0.255 e. The third-order valence-corrected chi connectivity index (χ3v) is 6.79. The fraction of sp³-hybridized carbons (Fsp3) is 0.207. The Labute approximate surface area is 226 Å². The van der Waals surface area contributed by atoms with Crippen molar-refractivity contribution in [2.24, 2.45) is 4.99 Å². The molecule has 9 heteroatoms. The number of carbonyl (C=O) groups is 2. The molecule has 0 radical (unpaired) electrons. The molecule has 8 nitrogen and oxygen atoms in total. The van der Waals surface area contributed by atoms with Crippen LogP contribution in [0.2, 0.25) is 0 Å². The summed E-state index contributed by atoms with van der Waals surface area (Å²) in [5.74, 6) is 0.872. The number of allylic oxidation sites excluding steroid dienone is 1. The minimum atomic E-state index is -0.663. The van der Waals surface area contributed by atoms with E-state index in [4.69, 9.17) is 14.5 Å². The van der Waals surface area contributed by atoms with Gasteiger partial charge in [-0.05, 0) is 50.2 Å². The molecule has 1 aliphatic heterocycles. The van der Waals surface area contributed by atoms with Gasteiger partial charge in [0.05, 0.1) is 25.5 Å². The maximum atomic E-state index is 13.5. The van der Waals surface area contributed by atoms with Crippen LogP contribution in [0.5, 0.6) is 11.5 Å². The Hall–Kier alpha value is -4.24. The van der Waals surface area contributed by atoms with Crippen LogP contribution in [0.1, 0.15) is 24.1 Å². The number of amidine groups is 1. The van der Waals surface area contributed by atoms with Crippen molar-refractivity contribution in [1.29, 1.82) is 0 Å². The molecule has 0 spiro atoms. The van der Waals surface area contributed by atoms with E-state index >= 15 is 0 Å². The quantitative estimate of drug-likeness (QED) is 0.366. The van der Waals surface area contributed by atoms with E-state index in [0.29, 0.717) is 39.2 Å². The van der Waals surface area contributed by atoms with Gasteiger partial charge in [-0.25, -0.2) is 4.99 Å². The van der Waals surface area contributed by atoms with E-state index < -0.39 is 6.04 Å². The van der Waals surface area contributed by atoms with Gasteiger partial charge >= 0.3 is 0 Å². The number of nitrogens with zero attached hydrogens (tertiary/aromatic N) is 1. The van der Waals surface area contributed by atoms with Crippen molar-refractivity contribution < 1.29 is 19.1 Å². The van der Waals surface area contributed by atoms with Crippen LogP contribution >= 0.6 is 11.8 Å². The molecule has 4 rings (SSSR count). The number of methoxy groups -OCH3 is 2. The van der Waals surface area contributed by atoms with Crippen LogP contribution in [0.4, 0.5) is 11.4 Å². The predicted octanol–water partition coefficient (Wildman–Crippen LogP) is 5.30. The van der Waals surface area contributed by atoms with Crippen LogP contribution in [0.25, 0.3) is 0 Å². The number of carbonyl (C=O) groups excluding carboxylic acids is 2. The van der Waals surface area contributed by atoms with Crippen molar-refractivity contribution >= 4 is 40.1 Å². The van der Waals surface area contributed by atoms with Gasteiger partial charge in [0.2, 0.25) is 5.91 Å². The molecule has 1 atom stereocenters. The van der Waals surface area contributed by atoms with E-state index in [1.807, 2.05) is 74.5 Å².